The Morgan fingerprint density at radius 1 is 1.40 bits per heavy atom. The van der Waals surface area contributed by atoms with E-state index < -0.39 is 0 Å². The summed E-state index contributed by atoms with van der Waals surface area (Å²) in [5, 5.41) is 6.78. The first-order chi connectivity index (χ1) is 12.0. The first-order valence-electron chi connectivity index (χ1n) is 7.27. The highest BCUT2D eigenvalue weighted by Crippen LogP contribution is 2.39. The fourth-order valence-electron chi connectivity index (χ4n) is 2.22. The Balaban J connectivity index is 1.90. The maximum absolute atomic E-state index is 11.8. The number of ether oxygens (including phenoxy) is 1. The van der Waals surface area contributed by atoms with Gasteiger partial charge in [0.05, 0.1) is 17.0 Å². The number of rotatable bonds is 5. The predicted molar refractivity (Wildman–Crippen MR) is 108 cm³/mol. The number of aromatic nitrogens is 1. The van der Waals surface area contributed by atoms with E-state index in [-0.39, 0.29) is 5.97 Å². The van der Waals surface area contributed by atoms with Gasteiger partial charge < -0.3 is 10.1 Å². The van der Waals surface area contributed by atoms with Crippen LogP contribution in [0.4, 0.5) is 10.8 Å². The molecule has 0 atom stereocenters. The van der Waals surface area contributed by atoms with Gasteiger partial charge in [0.25, 0.3) is 0 Å². The number of carbonyl (C=O) groups is 1. The van der Waals surface area contributed by atoms with Crippen molar-refractivity contribution in [3.63, 3.8) is 0 Å². The SMILES string of the molecule is COC(=O)c1cc(-c2csc(Nc3cccc(Cl)c3C)n2)c(SC)s1. The van der Waals surface area contributed by atoms with Gasteiger partial charge in [0.1, 0.15) is 4.88 Å². The lowest BCUT2D eigenvalue weighted by atomic mass is 10.2. The first-order valence-corrected chi connectivity index (χ1v) is 10.6. The van der Waals surface area contributed by atoms with Crippen LogP contribution in [0.1, 0.15) is 15.2 Å². The Morgan fingerprint density at radius 3 is 2.92 bits per heavy atom. The average molecular weight is 411 g/mol. The lowest BCUT2D eigenvalue weighted by molar-refractivity contribution is 0.0606. The molecule has 0 radical (unpaired) electrons. The molecular weight excluding hydrogens is 396 g/mol. The molecule has 0 aliphatic rings. The second-order valence-corrected chi connectivity index (χ2v) is 8.48. The second-order valence-electron chi connectivity index (χ2n) is 5.08. The zero-order valence-corrected chi connectivity index (χ0v) is 17.0. The van der Waals surface area contributed by atoms with Gasteiger partial charge in [-0.15, -0.1) is 34.4 Å². The number of thiazole rings is 1. The molecule has 0 aliphatic heterocycles. The van der Waals surface area contributed by atoms with Crippen LogP contribution < -0.4 is 5.32 Å². The third-order valence-electron chi connectivity index (χ3n) is 3.56. The molecule has 25 heavy (non-hydrogen) atoms. The van der Waals surface area contributed by atoms with Crippen LogP contribution in [0.15, 0.2) is 33.9 Å². The molecule has 0 amide bonds. The van der Waals surface area contributed by atoms with Crippen molar-refractivity contribution >= 4 is 62.8 Å². The number of thiophene rings is 1. The van der Waals surface area contributed by atoms with Crippen LogP contribution in [-0.4, -0.2) is 24.3 Å². The molecule has 0 spiro atoms. The van der Waals surface area contributed by atoms with Gasteiger partial charge in [0.15, 0.2) is 5.13 Å². The van der Waals surface area contributed by atoms with Crippen molar-refractivity contribution < 1.29 is 9.53 Å². The molecule has 0 unspecified atom stereocenters. The van der Waals surface area contributed by atoms with Crippen molar-refractivity contribution in [1.29, 1.82) is 0 Å². The number of nitrogens with one attached hydrogen (secondary N) is 1. The number of carbonyl (C=O) groups excluding carboxylic acids is 1. The lowest BCUT2D eigenvalue weighted by Gasteiger charge is -2.07. The number of methoxy groups -OCH3 is 1. The summed E-state index contributed by atoms with van der Waals surface area (Å²) in [5.74, 6) is -0.324. The Kier molecular flexibility index (Phi) is 5.68. The smallest absolute Gasteiger partial charge is 0.348 e. The van der Waals surface area contributed by atoms with E-state index in [1.54, 1.807) is 11.8 Å². The van der Waals surface area contributed by atoms with E-state index in [4.69, 9.17) is 16.3 Å². The van der Waals surface area contributed by atoms with Crippen LogP contribution in [0.2, 0.25) is 5.02 Å². The van der Waals surface area contributed by atoms with Gasteiger partial charge in [-0.2, -0.15) is 0 Å². The van der Waals surface area contributed by atoms with E-state index in [1.165, 1.54) is 29.8 Å². The monoisotopic (exact) mass is 410 g/mol. The van der Waals surface area contributed by atoms with Crippen LogP contribution in [0.3, 0.4) is 0 Å². The molecule has 1 N–H and O–H groups in total. The zero-order chi connectivity index (χ0) is 18.0. The molecule has 0 aliphatic carbocycles. The van der Waals surface area contributed by atoms with Crippen LogP contribution in [0.5, 0.6) is 0 Å². The Labute approximate surface area is 163 Å². The molecule has 0 fully saturated rings. The Bertz CT molecular complexity index is 921. The molecule has 1 aromatic carbocycles. The minimum atomic E-state index is -0.324. The van der Waals surface area contributed by atoms with Crippen molar-refractivity contribution in [3.8, 4) is 11.3 Å². The fourth-order valence-corrected chi connectivity index (χ4v) is 4.92. The number of nitrogens with zero attached hydrogens (tertiary/aromatic N) is 1. The third-order valence-corrected chi connectivity index (χ3v) is 6.98. The van der Waals surface area contributed by atoms with Gasteiger partial charge >= 0.3 is 5.97 Å². The molecule has 0 saturated heterocycles. The number of esters is 1. The van der Waals surface area contributed by atoms with Gasteiger partial charge in [-0.1, -0.05) is 17.7 Å². The maximum Gasteiger partial charge on any atom is 0.348 e. The van der Waals surface area contributed by atoms with Crippen LogP contribution in [-0.2, 0) is 4.74 Å². The number of anilines is 2. The summed E-state index contributed by atoms with van der Waals surface area (Å²) in [6, 6.07) is 7.57. The Morgan fingerprint density at radius 2 is 2.20 bits per heavy atom. The molecule has 8 heteroatoms. The van der Waals surface area contributed by atoms with E-state index in [0.29, 0.717) is 9.90 Å². The van der Waals surface area contributed by atoms with Crippen molar-refractivity contribution in [3.05, 3.63) is 45.1 Å². The van der Waals surface area contributed by atoms with Crippen LogP contribution in [0.25, 0.3) is 11.3 Å². The number of halogens is 1. The highest BCUT2D eigenvalue weighted by molar-refractivity contribution is 8.00. The summed E-state index contributed by atoms with van der Waals surface area (Å²) in [6.45, 7) is 1.96. The standard InChI is InChI=1S/C17H15ClN2O2S3/c1-9-11(18)5-4-6-12(9)19-17-20-13(8-24-17)10-7-14(15(21)22-2)25-16(10)23-3/h4-8H,1-3H3,(H,19,20). The van der Waals surface area contributed by atoms with Crippen molar-refractivity contribution in [2.24, 2.45) is 0 Å². The van der Waals surface area contributed by atoms with Gasteiger partial charge in [0, 0.05) is 21.7 Å². The average Bonchev–Trinajstić information content (AvgIpc) is 3.24. The van der Waals surface area contributed by atoms with E-state index >= 15 is 0 Å². The van der Waals surface area contributed by atoms with Gasteiger partial charge in [-0.05, 0) is 36.9 Å². The number of hydrogen-bond donors (Lipinski definition) is 1. The van der Waals surface area contributed by atoms with Crippen LogP contribution >= 0.6 is 46.0 Å². The summed E-state index contributed by atoms with van der Waals surface area (Å²) in [6.07, 6.45) is 1.98. The van der Waals surface area contributed by atoms with Gasteiger partial charge in [-0.3, -0.25) is 0 Å². The van der Waals surface area contributed by atoms with Crippen LogP contribution in [0, 0.1) is 6.92 Å². The van der Waals surface area contributed by atoms with Gasteiger partial charge in [0.2, 0.25) is 0 Å². The molecule has 0 saturated carbocycles. The van der Waals surface area contributed by atoms with Crippen molar-refractivity contribution in [2.75, 3.05) is 18.7 Å². The minimum Gasteiger partial charge on any atom is -0.465 e. The maximum atomic E-state index is 11.8. The van der Waals surface area contributed by atoms with E-state index in [2.05, 4.69) is 10.3 Å². The number of hydrogen-bond acceptors (Lipinski definition) is 7. The fraction of sp³-hybridized carbons (Fsp3) is 0.176. The van der Waals surface area contributed by atoms with E-state index in [9.17, 15) is 4.79 Å². The first kappa shape index (κ1) is 18.3. The number of thioether (sulfide) groups is 1. The highest BCUT2D eigenvalue weighted by Gasteiger charge is 2.18. The quantitative estimate of drug-likeness (QED) is 0.407. The number of benzene rings is 1. The molecule has 130 valence electrons. The van der Waals surface area contributed by atoms with Gasteiger partial charge in [-0.25, -0.2) is 9.78 Å². The van der Waals surface area contributed by atoms with Crippen molar-refractivity contribution in [2.45, 2.75) is 11.1 Å². The summed E-state index contributed by atoms with van der Waals surface area (Å²) in [7, 11) is 1.39. The molecule has 3 rings (SSSR count). The lowest BCUT2D eigenvalue weighted by Crippen LogP contribution is -1.96. The van der Waals surface area contributed by atoms with E-state index in [0.717, 1.165) is 31.8 Å². The molecule has 3 aromatic rings. The largest absolute Gasteiger partial charge is 0.465 e. The third kappa shape index (κ3) is 3.84. The summed E-state index contributed by atoms with van der Waals surface area (Å²) in [5.41, 5.74) is 3.70. The zero-order valence-electron chi connectivity index (χ0n) is 13.8. The molecule has 2 heterocycles. The normalized spacial score (nSPS) is 10.7. The highest BCUT2D eigenvalue weighted by atomic mass is 35.5. The summed E-state index contributed by atoms with van der Waals surface area (Å²) in [4.78, 5) is 17.0. The molecule has 2 aromatic heterocycles. The predicted octanol–water partition coefficient (Wildman–Crippen LogP) is 6.09. The van der Waals surface area contributed by atoms with E-state index in [1.807, 2.05) is 42.8 Å². The molecule has 0 bridgehead atoms. The second kappa shape index (κ2) is 7.78. The topological polar surface area (TPSA) is 51.2 Å². The summed E-state index contributed by atoms with van der Waals surface area (Å²) >= 11 is 10.7. The van der Waals surface area contributed by atoms with Crippen molar-refractivity contribution in [1.82, 2.24) is 4.98 Å². The Hall–Kier alpha value is -1.54. The summed E-state index contributed by atoms with van der Waals surface area (Å²) < 4.78 is 5.85. The molecule has 4 nitrogen and oxygen atoms in total. The minimum absolute atomic E-state index is 0.324. The molecular formula is C17H15ClN2O2S3.